The van der Waals surface area contributed by atoms with Crippen molar-refractivity contribution in [2.24, 2.45) is 0 Å². The van der Waals surface area contributed by atoms with Crippen molar-refractivity contribution in [3.63, 3.8) is 0 Å². The zero-order valence-corrected chi connectivity index (χ0v) is 14.5. The highest BCUT2D eigenvalue weighted by atomic mass is 35.5. The van der Waals surface area contributed by atoms with Gasteiger partial charge in [0.05, 0.1) is 0 Å². The first-order valence-corrected chi connectivity index (χ1v) is 8.30. The summed E-state index contributed by atoms with van der Waals surface area (Å²) in [7, 11) is 0. The van der Waals surface area contributed by atoms with Crippen LogP contribution in [0.4, 0.5) is 11.4 Å². The third kappa shape index (κ3) is 4.81. The Morgan fingerprint density at radius 3 is 2.44 bits per heavy atom. The lowest BCUT2D eigenvalue weighted by Gasteiger charge is -2.09. The number of halogens is 1. The summed E-state index contributed by atoms with van der Waals surface area (Å²) in [5.41, 5.74) is 4.19. The summed E-state index contributed by atoms with van der Waals surface area (Å²) >= 11 is 5.89. The fraction of sp³-hybridized carbons (Fsp3) is 0.100. The van der Waals surface area contributed by atoms with Gasteiger partial charge in [0.1, 0.15) is 5.69 Å². The van der Waals surface area contributed by atoms with Gasteiger partial charge in [-0.05, 0) is 48.9 Å². The molecule has 5 heteroatoms. The number of hydrogen-bond acceptors (Lipinski definition) is 3. The van der Waals surface area contributed by atoms with Gasteiger partial charge in [0.2, 0.25) is 0 Å². The Hall–Kier alpha value is -2.85. The highest BCUT2D eigenvalue weighted by Crippen LogP contribution is 2.15. The van der Waals surface area contributed by atoms with E-state index in [4.69, 9.17) is 11.6 Å². The Balaban J connectivity index is 1.64. The number of carbonyl (C=O) groups is 1. The lowest BCUT2D eigenvalue weighted by atomic mass is 10.2. The molecular weight excluding hydrogens is 334 g/mol. The average Bonchev–Trinajstić information content (AvgIpc) is 2.63. The van der Waals surface area contributed by atoms with Gasteiger partial charge in [-0.1, -0.05) is 41.4 Å². The number of hydrogen-bond donors (Lipinski definition) is 2. The number of aromatic nitrogens is 1. The van der Waals surface area contributed by atoms with Gasteiger partial charge in [-0.3, -0.25) is 9.78 Å². The molecule has 0 saturated carbocycles. The van der Waals surface area contributed by atoms with E-state index >= 15 is 0 Å². The maximum absolute atomic E-state index is 12.3. The van der Waals surface area contributed by atoms with Crippen LogP contribution in [0.5, 0.6) is 0 Å². The second-order valence-corrected chi connectivity index (χ2v) is 6.17. The van der Waals surface area contributed by atoms with E-state index in [9.17, 15) is 4.79 Å². The van der Waals surface area contributed by atoms with Gasteiger partial charge in [-0.25, -0.2) is 0 Å². The number of anilines is 2. The van der Waals surface area contributed by atoms with Gasteiger partial charge in [-0.15, -0.1) is 0 Å². The van der Waals surface area contributed by atoms with Crippen molar-refractivity contribution in [1.29, 1.82) is 0 Å². The van der Waals surface area contributed by atoms with Crippen LogP contribution in [0.1, 0.15) is 21.6 Å². The molecule has 0 atom stereocenters. The van der Waals surface area contributed by atoms with Gasteiger partial charge < -0.3 is 10.6 Å². The van der Waals surface area contributed by atoms with Crippen molar-refractivity contribution in [2.75, 3.05) is 10.6 Å². The number of rotatable bonds is 5. The first-order chi connectivity index (χ1) is 12.1. The molecule has 0 radical (unpaired) electrons. The van der Waals surface area contributed by atoms with Crippen LogP contribution in [0.15, 0.2) is 66.9 Å². The molecule has 0 aliphatic rings. The standard InChI is InChI=1S/C20H18ClN3O/c1-14-2-8-17(9-3-14)24-20(25)19-12-18(10-11-22-19)23-13-15-4-6-16(21)7-5-15/h2-12H,13H2,1H3,(H,22,23)(H,24,25). The number of carbonyl (C=O) groups excluding carboxylic acids is 1. The molecule has 2 N–H and O–H groups in total. The van der Waals surface area contributed by atoms with E-state index in [1.807, 2.05) is 61.5 Å². The van der Waals surface area contributed by atoms with Crippen molar-refractivity contribution in [1.82, 2.24) is 4.98 Å². The van der Waals surface area contributed by atoms with Crippen LogP contribution >= 0.6 is 11.6 Å². The number of pyridine rings is 1. The summed E-state index contributed by atoms with van der Waals surface area (Å²) in [6.07, 6.45) is 1.62. The molecule has 0 spiro atoms. The molecule has 0 aliphatic heterocycles. The minimum atomic E-state index is -0.237. The van der Waals surface area contributed by atoms with Gasteiger partial charge >= 0.3 is 0 Å². The molecule has 0 unspecified atom stereocenters. The number of aryl methyl sites for hydroxylation is 1. The molecular formula is C20H18ClN3O. The Labute approximate surface area is 151 Å². The van der Waals surface area contributed by atoms with E-state index in [-0.39, 0.29) is 5.91 Å². The monoisotopic (exact) mass is 351 g/mol. The van der Waals surface area contributed by atoms with Gasteiger partial charge in [0.15, 0.2) is 0 Å². The van der Waals surface area contributed by atoms with Crippen LogP contribution in [0.2, 0.25) is 5.02 Å². The van der Waals surface area contributed by atoms with E-state index in [1.165, 1.54) is 0 Å². The van der Waals surface area contributed by atoms with E-state index < -0.39 is 0 Å². The zero-order chi connectivity index (χ0) is 17.6. The van der Waals surface area contributed by atoms with Crippen molar-refractivity contribution >= 4 is 28.9 Å². The molecule has 0 fully saturated rings. The van der Waals surface area contributed by atoms with Crippen LogP contribution in [-0.2, 0) is 6.54 Å². The minimum Gasteiger partial charge on any atom is -0.381 e. The first-order valence-electron chi connectivity index (χ1n) is 7.92. The predicted molar refractivity (Wildman–Crippen MR) is 102 cm³/mol. The first kappa shape index (κ1) is 17.0. The van der Waals surface area contributed by atoms with E-state index in [0.717, 1.165) is 22.5 Å². The summed E-state index contributed by atoms with van der Waals surface area (Å²) < 4.78 is 0. The summed E-state index contributed by atoms with van der Waals surface area (Å²) in [6, 6.07) is 18.8. The Kier molecular flexibility index (Phi) is 5.31. The smallest absolute Gasteiger partial charge is 0.274 e. The number of nitrogens with one attached hydrogen (secondary N) is 2. The average molecular weight is 352 g/mol. The molecule has 4 nitrogen and oxygen atoms in total. The maximum atomic E-state index is 12.3. The molecule has 0 saturated heterocycles. The minimum absolute atomic E-state index is 0.237. The summed E-state index contributed by atoms with van der Waals surface area (Å²) in [5, 5.41) is 6.84. The van der Waals surface area contributed by atoms with E-state index in [0.29, 0.717) is 17.3 Å². The van der Waals surface area contributed by atoms with Gasteiger partial charge in [0.25, 0.3) is 5.91 Å². The van der Waals surface area contributed by atoms with Gasteiger partial charge in [0, 0.05) is 29.1 Å². The largest absolute Gasteiger partial charge is 0.381 e. The Morgan fingerprint density at radius 2 is 1.72 bits per heavy atom. The van der Waals surface area contributed by atoms with Crippen LogP contribution in [0.25, 0.3) is 0 Å². The topological polar surface area (TPSA) is 54.0 Å². The number of amides is 1. The molecule has 0 bridgehead atoms. The van der Waals surface area contributed by atoms with Crippen LogP contribution in [0.3, 0.4) is 0 Å². The van der Waals surface area contributed by atoms with Crippen molar-refractivity contribution in [2.45, 2.75) is 13.5 Å². The number of benzene rings is 2. The van der Waals surface area contributed by atoms with E-state index in [2.05, 4.69) is 15.6 Å². The number of nitrogens with zero attached hydrogens (tertiary/aromatic N) is 1. The molecule has 1 heterocycles. The lowest BCUT2D eigenvalue weighted by Crippen LogP contribution is -2.14. The molecule has 0 aliphatic carbocycles. The second kappa shape index (κ2) is 7.81. The summed E-state index contributed by atoms with van der Waals surface area (Å²) in [5.74, 6) is -0.237. The molecule has 126 valence electrons. The fourth-order valence-corrected chi connectivity index (χ4v) is 2.43. The summed E-state index contributed by atoms with van der Waals surface area (Å²) in [4.78, 5) is 16.5. The highest BCUT2D eigenvalue weighted by molar-refractivity contribution is 6.30. The zero-order valence-electron chi connectivity index (χ0n) is 13.8. The maximum Gasteiger partial charge on any atom is 0.274 e. The third-order valence-electron chi connectivity index (χ3n) is 3.71. The second-order valence-electron chi connectivity index (χ2n) is 5.73. The summed E-state index contributed by atoms with van der Waals surface area (Å²) in [6.45, 7) is 2.64. The molecule has 3 aromatic rings. The van der Waals surface area contributed by atoms with Crippen LogP contribution in [-0.4, -0.2) is 10.9 Å². The quantitative estimate of drug-likeness (QED) is 0.686. The SMILES string of the molecule is Cc1ccc(NC(=O)c2cc(NCc3ccc(Cl)cc3)ccn2)cc1. The van der Waals surface area contributed by atoms with Crippen LogP contribution < -0.4 is 10.6 Å². The molecule has 25 heavy (non-hydrogen) atoms. The fourth-order valence-electron chi connectivity index (χ4n) is 2.30. The van der Waals surface area contributed by atoms with Gasteiger partial charge in [-0.2, -0.15) is 0 Å². The van der Waals surface area contributed by atoms with Crippen molar-refractivity contribution in [3.8, 4) is 0 Å². The lowest BCUT2D eigenvalue weighted by molar-refractivity contribution is 0.102. The van der Waals surface area contributed by atoms with Crippen LogP contribution in [0, 0.1) is 6.92 Å². The van der Waals surface area contributed by atoms with Crippen molar-refractivity contribution in [3.05, 3.63) is 88.7 Å². The van der Waals surface area contributed by atoms with Crippen molar-refractivity contribution < 1.29 is 4.79 Å². The third-order valence-corrected chi connectivity index (χ3v) is 3.96. The molecule has 1 aromatic heterocycles. The van der Waals surface area contributed by atoms with E-state index in [1.54, 1.807) is 12.3 Å². The predicted octanol–water partition coefficient (Wildman–Crippen LogP) is 4.91. The molecule has 2 aromatic carbocycles. The highest BCUT2D eigenvalue weighted by Gasteiger charge is 2.08. The molecule has 1 amide bonds. The Morgan fingerprint density at radius 1 is 1.00 bits per heavy atom. The molecule has 3 rings (SSSR count). The normalized spacial score (nSPS) is 10.3. The Bertz CT molecular complexity index is 861.